The van der Waals surface area contributed by atoms with Gasteiger partial charge in [0.1, 0.15) is 5.69 Å². The molecular formula is C21H24N6O. The fraction of sp³-hybridized carbons (Fsp3) is 0.333. The summed E-state index contributed by atoms with van der Waals surface area (Å²) in [5, 5.41) is 12.1. The lowest BCUT2D eigenvalue weighted by molar-refractivity contribution is 0.0378. The number of aromatic nitrogens is 4. The van der Waals surface area contributed by atoms with E-state index in [9.17, 15) is 0 Å². The van der Waals surface area contributed by atoms with Gasteiger partial charge in [0.15, 0.2) is 5.82 Å². The largest absolute Gasteiger partial charge is 0.385 e. The van der Waals surface area contributed by atoms with Crippen molar-refractivity contribution < 1.29 is 4.74 Å². The molecule has 1 aliphatic heterocycles. The molecule has 0 aliphatic carbocycles. The number of hydrogen-bond acceptors (Lipinski definition) is 5. The standard InChI is InChI=1S/C21H24N6O/c1-2-5-17-16(4-1)20(26-25-17)21-23-18-7-6-15(14-19(18)24-21)22-8-3-9-27-10-12-28-13-11-27/h1-2,4-7,14,22H,3,8-13H2,(H,23,24)(H,25,26). The van der Waals surface area contributed by atoms with Crippen molar-refractivity contribution in [2.45, 2.75) is 6.42 Å². The molecule has 0 saturated carbocycles. The van der Waals surface area contributed by atoms with Crippen LogP contribution in [0.3, 0.4) is 0 Å². The summed E-state index contributed by atoms with van der Waals surface area (Å²) < 4.78 is 5.40. The minimum Gasteiger partial charge on any atom is -0.385 e. The molecule has 144 valence electrons. The van der Waals surface area contributed by atoms with E-state index < -0.39 is 0 Å². The quantitative estimate of drug-likeness (QED) is 0.450. The molecule has 0 atom stereocenters. The monoisotopic (exact) mass is 376 g/mol. The van der Waals surface area contributed by atoms with Gasteiger partial charge >= 0.3 is 0 Å². The van der Waals surface area contributed by atoms with E-state index >= 15 is 0 Å². The van der Waals surface area contributed by atoms with E-state index in [0.29, 0.717) is 0 Å². The Hall–Kier alpha value is -2.90. The van der Waals surface area contributed by atoms with Crippen LogP contribution in [0.1, 0.15) is 6.42 Å². The predicted molar refractivity (Wildman–Crippen MR) is 112 cm³/mol. The number of aromatic amines is 2. The van der Waals surface area contributed by atoms with Crippen molar-refractivity contribution in [2.24, 2.45) is 0 Å². The Morgan fingerprint density at radius 1 is 1.07 bits per heavy atom. The molecule has 2 aromatic carbocycles. The van der Waals surface area contributed by atoms with Gasteiger partial charge in [0.05, 0.1) is 29.8 Å². The summed E-state index contributed by atoms with van der Waals surface area (Å²) in [4.78, 5) is 10.6. The Bertz CT molecular complexity index is 1080. The van der Waals surface area contributed by atoms with E-state index in [4.69, 9.17) is 9.72 Å². The molecule has 1 saturated heterocycles. The summed E-state index contributed by atoms with van der Waals surface area (Å²) in [5.74, 6) is 0.789. The van der Waals surface area contributed by atoms with E-state index in [-0.39, 0.29) is 0 Å². The van der Waals surface area contributed by atoms with Crippen LogP contribution in [-0.4, -0.2) is 64.5 Å². The predicted octanol–water partition coefficient (Wildman–Crippen LogP) is 3.24. The maximum absolute atomic E-state index is 5.40. The molecule has 0 unspecified atom stereocenters. The Balaban J connectivity index is 1.27. The fourth-order valence-corrected chi connectivity index (χ4v) is 3.74. The lowest BCUT2D eigenvalue weighted by atomic mass is 10.2. The van der Waals surface area contributed by atoms with Crippen LogP contribution in [0.25, 0.3) is 33.5 Å². The van der Waals surface area contributed by atoms with Gasteiger partial charge in [0, 0.05) is 30.7 Å². The number of imidazole rings is 1. The molecule has 2 aromatic heterocycles. The topological polar surface area (TPSA) is 81.9 Å². The molecule has 0 radical (unpaired) electrons. The SMILES string of the molecule is c1ccc2c(-c3nc4ccc(NCCCN5CCOCC5)cc4[nH]3)n[nH]c2c1. The molecule has 1 fully saturated rings. The summed E-state index contributed by atoms with van der Waals surface area (Å²) >= 11 is 0. The number of fused-ring (bicyclic) bond motifs is 2. The Morgan fingerprint density at radius 2 is 1.96 bits per heavy atom. The molecule has 28 heavy (non-hydrogen) atoms. The van der Waals surface area contributed by atoms with Gasteiger partial charge in [-0.2, -0.15) is 5.10 Å². The average molecular weight is 376 g/mol. The van der Waals surface area contributed by atoms with Crippen molar-refractivity contribution in [2.75, 3.05) is 44.7 Å². The number of anilines is 1. The number of H-pyrrole nitrogens is 2. The lowest BCUT2D eigenvalue weighted by Gasteiger charge is -2.26. The highest BCUT2D eigenvalue weighted by atomic mass is 16.5. The first kappa shape index (κ1) is 17.2. The Morgan fingerprint density at radius 3 is 2.89 bits per heavy atom. The number of ether oxygens (including phenoxy) is 1. The molecule has 3 N–H and O–H groups in total. The number of nitrogens with zero attached hydrogens (tertiary/aromatic N) is 3. The van der Waals surface area contributed by atoms with Gasteiger partial charge < -0.3 is 15.0 Å². The molecular weight excluding hydrogens is 352 g/mol. The molecule has 7 heteroatoms. The van der Waals surface area contributed by atoms with Gasteiger partial charge in [-0.15, -0.1) is 0 Å². The molecule has 4 aromatic rings. The van der Waals surface area contributed by atoms with Crippen LogP contribution >= 0.6 is 0 Å². The highest BCUT2D eigenvalue weighted by Crippen LogP contribution is 2.27. The zero-order valence-corrected chi connectivity index (χ0v) is 15.7. The van der Waals surface area contributed by atoms with Crippen molar-refractivity contribution in [3.63, 3.8) is 0 Å². The third kappa shape index (κ3) is 3.46. The maximum Gasteiger partial charge on any atom is 0.159 e. The smallest absolute Gasteiger partial charge is 0.159 e. The molecule has 3 heterocycles. The van der Waals surface area contributed by atoms with Crippen molar-refractivity contribution >= 4 is 27.6 Å². The first-order chi connectivity index (χ1) is 13.9. The van der Waals surface area contributed by atoms with Crippen LogP contribution < -0.4 is 5.32 Å². The normalized spacial score (nSPS) is 15.4. The third-order valence-electron chi connectivity index (χ3n) is 5.26. The van der Waals surface area contributed by atoms with Gasteiger partial charge in [0.2, 0.25) is 0 Å². The second-order valence-electron chi connectivity index (χ2n) is 7.17. The first-order valence-electron chi connectivity index (χ1n) is 9.84. The van der Waals surface area contributed by atoms with Crippen LogP contribution in [-0.2, 0) is 4.74 Å². The van der Waals surface area contributed by atoms with E-state index in [0.717, 1.165) is 85.0 Å². The van der Waals surface area contributed by atoms with Gasteiger partial charge in [-0.05, 0) is 37.2 Å². The number of nitrogens with one attached hydrogen (secondary N) is 3. The molecule has 7 nitrogen and oxygen atoms in total. The maximum atomic E-state index is 5.40. The lowest BCUT2D eigenvalue weighted by Crippen LogP contribution is -2.37. The fourth-order valence-electron chi connectivity index (χ4n) is 3.74. The van der Waals surface area contributed by atoms with Crippen molar-refractivity contribution in [3.8, 4) is 11.5 Å². The molecule has 0 spiro atoms. The number of para-hydroxylation sites is 1. The van der Waals surface area contributed by atoms with Crippen molar-refractivity contribution in [1.82, 2.24) is 25.1 Å². The molecule has 0 amide bonds. The second-order valence-corrected chi connectivity index (χ2v) is 7.17. The zero-order chi connectivity index (χ0) is 18.8. The number of morpholine rings is 1. The minimum absolute atomic E-state index is 0.789. The van der Waals surface area contributed by atoms with Crippen LogP contribution in [0, 0.1) is 0 Å². The minimum atomic E-state index is 0.789. The van der Waals surface area contributed by atoms with Gasteiger partial charge in [0.25, 0.3) is 0 Å². The number of rotatable bonds is 6. The molecule has 1 aliphatic rings. The van der Waals surface area contributed by atoms with Crippen molar-refractivity contribution in [3.05, 3.63) is 42.5 Å². The van der Waals surface area contributed by atoms with E-state index in [1.54, 1.807) is 0 Å². The van der Waals surface area contributed by atoms with Crippen LogP contribution in [0.5, 0.6) is 0 Å². The van der Waals surface area contributed by atoms with Crippen molar-refractivity contribution in [1.29, 1.82) is 0 Å². The van der Waals surface area contributed by atoms with Gasteiger partial charge in [-0.3, -0.25) is 10.00 Å². The number of hydrogen-bond donors (Lipinski definition) is 3. The van der Waals surface area contributed by atoms with Crippen LogP contribution in [0.2, 0.25) is 0 Å². The van der Waals surface area contributed by atoms with Crippen LogP contribution in [0.15, 0.2) is 42.5 Å². The first-order valence-corrected chi connectivity index (χ1v) is 9.84. The molecule has 5 rings (SSSR count). The number of benzene rings is 2. The Labute approximate surface area is 163 Å². The highest BCUT2D eigenvalue weighted by Gasteiger charge is 2.12. The summed E-state index contributed by atoms with van der Waals surface area (Å²) in [6.45, 7) is 5.87. The van der Waals surface area contributed by atoms with Gasteiger partial charge in [-0.25, -0.2) is 4.98 Å². The second kappa shape index (κ2) is 7.61. The average Bonchev–Trinajstić information content (AvgIpc) is 3.35. The third-order valence-corrected chi connectivity index (χ3v) is 5.26. The Kier molecular flexibility index (Phi) is 4.68. The summed E-state index contributed by atoms with van der Waals surface area (Å²) in [7, 11) is 0. The summed E-state index contributed by atoms with van der Waals surface area (Å²) in [6.07, 6.45) is 1.12. The van der Waals surface area contributed by atoms with Crippen LogP contribution in [0.4, 0.5) is 5.69 Å². The van der Waals surface area contributed by atoms with Gasteiger partial charge in [-0.1, -0.05) is 18.2 Å². The summed E-state index contributed by atoms with van der Waals surface area (Å²) in [6, 6.07) is 14.4. The molecule has 0 bridgehead atoms. The van der Waals surface area contributed by atoms with E-state index in [2.05, 4.69) is 49.7 Å². The van der Waals surface area contributed by atoms with E-state index in [1.165, 1.54) is 0 Å². The summed E-state index contributed by atoms with van der Waals surface area (Å²) in [5.41, 5.74) is 4.94. The van der Waals surface area contributed by atoms with E-state index in [1.807, 2.05) is 18.2 Å². The zero-order valence-electron chi connectivity index (χ0n) is 15.7. The highest BCUT2D eigenvalue weighted by molar-refractivity contribution is 5.93.